The highest BCUT2D eigenvalue weighted by Crippen LogP contribution is 2.26. The average molecular weight is 399 g/mol. The molecule has 1 unspecified atom stereocenters. The van der Waals surface area contributed by atoms with E-state index in [-0.39, 0.29) is 24.4 Å². The van der Waals surface area contributed by atoms with E-state index in [0.29, 0.717) is 10.7 Å². The fourth-order valence-corrected chi connectivity index (χ4v) is 3.28. The molecule has 28 heavy (non-hydrogen) atoms. The fraction of sp³-hybridized carbons (Fsp3) is 0.238. The second-order valence-electron chi connectivity index (χ2n) is 6.16. The van der Waals surface area contributed by atoms with Gasteiger partial charge in [0, 0.05) is 0 Å². The molecule has 0 aromatic heterocycles. The lowest BCUT2D eigenvalue weighted by atomic mass is 10.1. The first kappa shape index (κ1) is 20.0. The zero-order valence-electron chi connectivity index (χ0n) is 15.4. The lowest BCUT2D eigenvalue weighted by Crippen LogP contribution is -2.25. The van der Waals surface area contributed by atoms with E-state index in [2.05, 4.69) is 12.2 Å². The van der Waals surface area contributed by atoms with Crippen molar-refractivity contribution in [2.75, 3.05) is 13.2 Å². The highest BCUT2D eigenvalue weighted by atomic mass is 32.2. The van der Waals surface area contributed by atoms with Crippen LogP contribution in [0.15, 0.2) is 53.4 Å². The van der Waals surface area contributed by atoms with Gasteiger partial charge in [0.05, 0.1) is 4.91 Å². The number of aryl methyl sites for hydroxylation is 1. The molecular weight excluding hydrogens is 378 g/mol. The average Bonchev–Trinajstić information content (AvgIpc) is 3.02. The standard InChI is InChI=1S/C21H21NO5S/c1-2-15-5-3-4-6-18(15)27-13-16(23)12-26-17-9-7-14(8-10-17)11-19-20(24)22-21(25)28-19/h3-11,16,23H,2,12-13H2,1H3,(H,22,24,25)/b19-11-. The largest absolute Gasteiger partial charge is 0.491 e. The second kappa shape index (κ2) is 9.43. The monoisotopic (exact) mass is 399 g/mol. The Morgan fingerprint density at radius 2 is 1.79 bits per heavy atom. The minimum Gasteiger partial charge on any atom is -0.491 e. The molecule has 2 amide bonds. The molecule has 1 saturated heterocycles. The Bertz CT molecular complexity index is 879. The van der Waals surface area contributed by atoms with E-state index in [9.17, 15) is 14.7 Å². The van der Waals surface area contributed by atoms with Crippen LogP contribution in [0.3, 0.4) is 0 Å². The quantitative estimate of drug-likeness (QED) is 0.662. The van der Waals surface area contributed by atoms with E-state index in [0.717, 1.165) is 35.1 Å². The summed E-state index contributed by atoms with van der Waals surface area (Å²) in [7, 11) is 0. The Labute approximate surface area is 167 Å². The summed E-state index contributed by atoms with van der Waals surface area (Å²) in [5.74, 6) is 0.978. The number of ether oxygens (including phenoxy) is 2. The van der Waals surface area contributed by atoms with Gasteiger partial charge in [-0.15, -0.1) is 0 Å². The van der Waals surface area contributed by atoms with Crippen molar-refractivity contribution in [2.45, 2.75) is 19.4 Å². The van der Waals surface area contributed by atoms with E-state index < -0.39 is 6.10 Å². The van der Waals surface area contributed by atoms with Crippen LogP contribution in [-0.2, 0) is 11.2 Å². The molecule has 0 bridgehead atoms. The molecule has 0 radical (unpaired) electrons. The maximum Gasteiger partial charge on any atom is 0.290 e. The van der Waals surface area contributed by atoms with Gasteiger partial charge in [0.15, 0.2) is 0 Å². The molecule has 1 heterocycles. The molecular formula is C21H21NO5S. The van der Waals surface area contributed by atoms with Crippen LogP contribution in [-0.4, -0.2) is 35.6 Å². The van der Waals surface area contributed by atoms with Gasteiger partial charge < -0.3 is 14.6 Å². The van der Waals surface area contributed by atoms with E-state index in [1.54, 1.807) is 30.3 Å². The van der Waals surface area contributed by atoms with Crippen LogP contribution >= 0.6 is 11.8 Å². The van der Waals surface area contributed by atoms with Crippen molar-refractivity contribution in [3.63, 3.8) is 0 Å². The molecule has 2 aromatic carbocycles. The van der Waals surface area contributed by atoms with Crippen molar-refractivity contribution in [3.8, 4) is 11.5 Å². The maximum absolute atomic E-state index is 11.6. The van der Waals surface area contributed by atoms with Gasteiger partial charge in [0.25, 0.3) is 11.1 Å². The molecule has 146 valence electrons. The Morgan fingerprint density at radius 1 is 1.07 bits per heavy atom. The third-order valence-electron chi connectivity index (χ3n) is 4.05. The van der Waals surface area contributed by atoms with Gasteiger partial charge in [-0.3, -0.25) is 14.9 Å². The lowest BCUT2D eigenvalue weighted by molar-refractivity contribution is -0.115. The van der Waals surface area contributed by atoms with Crippen molar-refractivity contribution in [1.82, 2.24) is 5.32 Å². The molecule has 7 heteroatoms. The fourth-order valence-electron chi connectivity index (χ4n) is 2.60. The molecule has 0 saturated carbocycles. The zero-order chi connectivity index (χ0) is 19.9. The third kappa shape index (κ3) is 5.37. The second-order valence-corrected chi connectivity index (χ2v) is 7.17. The number of aliphatic hydroxyl groups is 1. The molecule has 1 atom stereocenters. The van der Waals surface area contributed by atoms with Crippen molar-refractivity contribution in [3.05, 3.63) is 64.6 Å². The van der Waals surface area contributed by atoms with Crippen molar-refractivity contribution >= 4 is 29.0 Å². The zero-order valence-corrected chi connectivity index (χ0v) is 16.2. The highest BCUT2D eigenvalue weighted by molar-refractivity contribution is 8.18. The first-order valence-corrected chi connectivity index (χ1v) is 9.73. The van der Waals surface area contributed by atoms with Gasteiger partial charge in [0.1, 0.15) is 30.8 Å². The maximum atomic E-state index is 11.6. The molecule has 2 aromatic rings. The third-order valence-corrected chi connectivity index (χ3v) is 4.86. The number of nitrogens with one attached hydrogen (secondary N) is 1. The lowest BCUT2D eigenvalue weighted by Gasteiger charge is -2.15. The van der Waals surface area contributed by atoms with Crippen LogP contribution < -0.4 is 14.8 Å². The van der Waals surface area contributed by atoms with Gasteiger partial charge in [-0.05, 0) is 53.6 Å². The highest BCUT2D eigenvalue weighted by Gasteiger charge is 2.24. The Kier molecular flexibility index (Phi) is 6.73. The predicted octanol–water partition coefficient (Wildman–Crippen LogP) is 3.39. The summed E-state index contributed by atoms with van der Waals surface area (Å²) in [6.45, 7) is 2.29. The van der Waals surface area contributed by atoms with Crippen LogP contribution in [0.1, 0.15) is 18.1 Å². The smallest absolute Gasteiger partial charge is 0.290 e. The SMILES string of the molecule is CCc1ccccc1OCC(O)COc1ccc(/C=C2\SC(=O)NC2=O)cc1. The molecule has 1 aliphatic heterocycles. The predicted molar refractivity (Wildman–Crippen MR) is 108 cm³/mol. The number of para-hydroxylation sites is 1. The number of amides is 2. The van der Waals surface area contributed by atoms with Crippen LogP contribution in [0, 0.1) is 0 Å². The molecule has 1 aliphatic rings. The van der Waals surface area contributed by atoms with Crippen LogP contribution in [0.2, 0.25) is 0 Å². The van der Waals surface area contributed by atoms with E-state index in [4.69, 9.17) is 9.47 Å². The Morgan fingerprint density at radius 3 is 2.46 bits per heavy atom. The van der Waals surface area contributed by atoms with Crippen LogP contribution in [0.25, 0.3) is 6.08 Å². The number of aliphatic hydroxyl groups excluding tert-OH is 1. The van der Waals surface area contributed by atoms with Crippen molar-refractivity contribution in [1.29, 1.82) is 0 Å². The number of hydrogen-bond donors (Lipinski definition) is 2. The molecule has 2 N–H and O–H groups in total. The van der Waals surface area contributed by atoms with Crippen molar-refractivity contribution < 1.29 is 24.2 Å². The molecule has 1 fully saturated rings. The summed E-state index contributed by atoms with van der Waals surface area (Å²) in [4.78, 5) is 23.1. The molecule has 0 aliphatic carbocycles. The Balaban J connectivity index is 1.48. The summed E-state index contributed by atoms with van der Waals surface area (Å²) in [5, 5.41) is 11.9. The summed E-state index contributed by atoms with van der Waals surface area (Å²) < 4.78 is 11.3. The van der Waals surface area contributed by atoms with Gasteiger partial charge in [-0.1, -0.05) is 37.3 Å². The number of thioether (sulfide) groups is 1. The summed E-state index contributed by atoms with van der Waals surface area (Å²) in [6.07, 6.45) is 1.73. The number of rotatable bonds is 8. The van der Waals surface area contributed by atoms with Gasteiger partial charge in [-0.25, -0.2) is 0 Å². The Hall–Kier alpha value is -2.77. The van der Waals surface area contributed by atoms with Crippen molar-refractivity contribution in [2.24, 2.45) is 0 Å². The molecule has 3 rings (SSSR count). The van der Waals surface area contributed by atoms with Crippen LogP contribution in [0.4, 0.5) is 4.79 Å². The number of hydrogen-bond acceptors (Lipinski definition) is 6. The number of carbonyl (C=O) groups is 2. The van der Waals surface area contributed by atoms with E-state index in [1.807, 2.05) is 24.3 Å². The van der Waals surface area contributed by atoms with Gasteiger partial charge >= 0.3 is 0 Å². The van der Waals surface area contributed by atoms with Crippen LogP contribution in [0.5, 0.6) is 11.5 Å². The topological polar surface area (TPSA) is 84.9 Å². The molecule has 0 spiro atoms. The minimum absolute atomic E-state index is 0.0987. The summed E-state index contributed by atoms with van der Waals surface area (Å²) >= 11 is 0.876. The first-order valence-electron chi connectivity index (χ1n) is 8.91. The summed E-state index contributed by atoms with van der Waals surface area (Å²) in [6, 6.07) is 14.8. The minimum atomic E-state index is -0.767. The van der Waals surface area contributed by atoms with Gasteiger partial charge in [0.2, 0.25) is 0 Å². The van der Waals surface area contributed by atoms with E-state index >= 15 is 0 Å². The normalized spacial score (nSPS) is 16.1. The van der Waals surface area contributed by atoms with E-state index in [1.165, 1.54) is 0 Å². The number of carbonyl (C=O) groups excluding carboxylic acids is 2. The van der Waals surface area contributed by atoms with Gasteiger partial charge in [-0.2, -0.15) is 0 Å². The number of benzene rings is 2. The first-order chi connectivity index (χ1) is 13.5. The summed E-state index contributed by atoms with van der Waals surface area (Å²) in [5.41, 5.74) is 1.87. The number of imide groups is 1. The molecule has 6 nitrogen and oxygen atoms in total.